The van der Waals surface area contributed by atoms with Gasteiger partial charge in [-0.25, -0.2) is 0 Å². The summed E-state index contributed by atoms with van der Waals surface area (Å²) in [5, 5.41) is 0. The number of benzene rings is 2. The van der Waals surface area contributed by atoms with E-state index in [1.165, 1.54) is 16.7 Å². The molecule has 0 spiro atoms. The molecule has 20 heavy (non-hydrogen) atoms. The lowest BCUT2D eigenvalue weighted by Crippen LogP contribution is -2.23. The molecule has 0 bridgehead atoms. The number of hydrogen-bond acceptors (Lipinski definition) is 0. The topological polar surface area (TPSA) is 0 Å². The molecule has 0 saturated carbocycles. The van der Waals surface area contributed by atoms with Crippen LogP contribution in [0.3, 0.4) is 0 Å². The van der Waals surface area contributed by atoms with Gasteiger partial charge in [-0.1, -0.05) is 98.2 Å². The second kappa shape index (κ2) is 6.13. The smallest absolute Gasteiger partial charge is 0.0486 e. The van der Waals surface area contributed by atoms with E-state index in [0.717, 1.165) is 0 Å². The van der Waals surface area contributed by atoms with Crippen molar-refractivity contribution in [3.63, 3.8) is 0 Å². The Labute approximate surface area is 131 Å². The van der Waals surface area contributed by atoms with Gasteiger partial charge in [0, 0.05) is 10.2 Å². The maximum absolute atomic E-state index is 3.91. The Morgan fingerprint density at radius 2 is 1.30 bits per heavy atom. The van der Waals surface area contributed by atoms with E-state index >= 15 is 0 Å². The first-order chi connectivity index (χ1) is 9.43. The molecule has 0 radical (unpaired) electrons. The maximum Gasteiger partial charge on any atom is 0.0486 e. The molecule has 0 aliphatic rings. The van der Waals surface area contributed by atoms with Crippen molar-refractivity contribution in [1.29, 1.82) is 0 Å². The molecule has 2 aromatic carbocycles. The van der Waals surface area contributed by atoms with Gasteiger partial charge < -0.3 is 0 Å². The van der Waals surface area contributed by atoms with Crippen LogP contribution in [0.4, 0.5) is 0 Å². The van der Waals surface area contributed by atoms with Crippen LogP contribution in [0.1, 0.15) is 55.1 Å². The average molecular weight is 331 g/mol. The highest BCUT2D eigenvalue weighted by molar-refractivity contribution is 9.09. The van der Waals surface area contributed by atoms with Gasteiger partial charge in [0.05, 0.1) is 0 Å². The Hall–Kier alpha value is -1.08. The number of alkyl halides is 1. The Bertz CT molecular complexity index is 538. The number of halogens is 1. The second-order valence-electron chi connectivity index (χ2n) is 6.27. The largest absolute Gasteiger partial charge is 0.0829 e. The van der Waals surface area contributed by atoms with Crippen molar-refractivity contribution in [1.82, 2.24) is 0 Å². The van der Waals surface area contributed by atoms with Crippen molar-refractivity contribution in [2.75, 3.05) is 0 Å². The quantitative estimate of drug-likeness (QED) is 0.583. The minimum absolute atomic E-state index is 0.0562. The average Bonchev–Trinajstić information content (AvgIpc) is 2.47. The van der Waals surface area contributed by atoms with E-state index in [0.29, 0.717) is 10.7 Å². The molecular formula is C19H23Br. The van der Waals surface area contributed by atoms with Crippen LogP contribution in [0, 0.1) is 0 Å². The molecule has 1 unspecified atom stereocenters. The molecule has 1 atom stereocenters. The third-order valence-corrected chi connectivity index (χ3v) is 5.72. The summed E-state index contributed by atoms with van der Waals surface area (Å²) in [4.78, 5) is 0.304. The zero-order chi connectivity index (χ0) is 14.8. The minimum atomic E-state index is 0.0562. The summed E-state index contributed by atoms with van der Waals surface area (Å²) in [6, 6.07) is 19.7. The molecule has 0 saturated heterocycles. The molecule has 1 heteroatoms. The Kier molecular flexibility index (Phi) is 4.70. The van der Waals surface area contributed by atoms with Gasteiger partial charge in [0.15, 0.2) is 0 Å². The van der Waals surface area contributed by atoms with Crippen molar-refractivity contribution in [2.24, 2.45) is 0 Å². The van der Waals surface area contributed by atoms with Gasteiger partial charge in [-0.3, -0.25) is 0 Å². The first-order valence-electron chi connectivity index (χ1n) is 7.22. The van der Waals surface area contributed by atoms with Crippen LogP contribution >= 0.6 is 15.9 Å². The second-order valence-corrected chi connectivity index (χ2v) is 7.19. The van der Waals surface area contributed by atoms with Gasteiger partial charge in [-0.2, -0.15) is 0 Å². The van der Waals surface area contributed by atoms with Crippen LogP contribution < -0.4 is 0 Å². The summed E-state index contributed by atoms with van der Waals surface area (Å²) in [6.07, 6.45) is 0. The predicted molar refractivity (Wildman–Crippen MR) is 91.7 cm³/mol. The molecule has 0 aromatic heterocycles. The van der Waals surface area contributed by atoms with E-state index in [2.05, 4.69) is 98.2 Å². The standard InChI is InChI=1S/C19H23Br/c1-14(2)15-10-12-16(13-11-15)18(20)19(3,4)17-8-6-5-7-9-17/h5-14,18H,1-4H3. The van der Waals surface area contributed by atoms with Crippen molar-refractivity contribution in [3.8, 4) is 0 Å². The van der Waals surface area contributed by atoms with E-state index in [1.54, 1.807) is 0 Å². The van der Waals surface area contributed by atoms with Gasteiger partial charge in [0.2, 0.25) is 0 Å². The molecule has 0 fully saturated rings. The molecule has 0 amide bonds. The van der Waals surface area contributed by atoms with Crippen molar-refractivity contribution in [2.45, 2.75) is 43.9 Å². The van der Waals surface area contributed by atoms with Crippen LogP contribution in [-0.2, 0) is 5.41 Å². The van der Waals surface area contributed by atoms with Crippen LogP contribution in [0.2, 0.25) is 0 Å². The fourth-order valence-electron chi connectivity index (χ4n) is 2.48. The Morgan fingerprint density at radius 3 is 1.80 bits per heavy atom. The van der Waals surface area contributed by atoms with Gasteiger partial charge in [-0.05, 0) is 22.6 Å². The Morgan fingerprint density at radius 1 is 0.800 bits per heavy atom. The summed E-state index contributed by atoms with van der Waals surface area (Å²) in [7, 11) is 0. The SMILES string of the molecule is CC(C)c1ccc(C(Br)C(C)(C)c2ccccc2)cc1. The zero-order valence-electron chi connectivity index (χ0n) is 12.7. The van der Waals surface area contributed by atoms with Crippen LogP contribution in [0.15, 0.2) is 54.6 Å². The van der Waals surface area contributed by atoms with E-state index in [-0.39, 0.29) is 5.41 Å². The van der Waals surface area contributed by atoms with Crippen LogP contribution in [0.25, 0.3) is 0 Å². The maximum atomic E-state index is 3.91. The zero-order valence-corrected chi connectivity index (χ0v) is 14.3. The predicted octanol–water partition coefficient (Wildman–Crippen LogP) is 6.22. The van der Waals surface area contributed by atoms with Gasteiger partial charge >= 0.3 is 0 Å². The van der Waals surface area contributed by atoms with E-state index in [4.69, 9.17) is 0 Å². The lowest BCUT2D eigenvalue weighted by molar-refractivity contribution is 0.517. The van der Waals surface area contributed by atoms with Crippen molar-refractivity contribution < 1.29 is 0 Å². The van der Waals surface area contributed by atoms with E-state index in [1.807, 2.05) is 0 Å². The highest BCUT2D eigenvalue weighted by atomic mass is 79.9. The molecule has 0 N–H and O–H groups in total. The van der Waals surface area contributed by atoms with E-state index in [9.17, 15) is 0 Å². The highest BCUT2D eigenvalue weighted by Crippen LogP contribution is 2.43. The first-order valence-corrected chi connectivity index (χ1v) is 8.14. The number of hydrogen-bond donors (Lipinski definition) is 0. The summed E-state index contributed by atoms with van der Waals surface area (Å²) in [6.45, 7) is 9.04. The van der Waals surface area contributed by atoms with Crippen LogP contribution in [-0.4, -0.2) is 0 Å². The van der Waals surface area contributed by atoms with E-state index < -0.39 is 0 Å². The van der Waals surface area contributed by atoms with Gasteiger partial charge in [-0.15, -0.1) is 0 Å². The molecular weight excluding hydrogens is 308 g/mol. The van der Waals surface area contributed by atoms with Crippen LogP contribution in [0.5, 0.6) is 0 Å². The summed E-state index contributed by atoms with van der Waals surface area (Å²) < 4.78 is 0. The van der Waals surface area contributed by atoms with Crippen molar-refractivity contribution >= 4 is 15.9 Å². The third kappa shape index (κ3) is 3.15. The normalized spacial score (nSPS) is 13.5. The van der Waals surface area contributed by atoms with Crippen molar-refractivity contribution in [3.05, 3.63) is 71.3 Å². The summed E-state index contributed by atoms with van der Waals surface area (Å²) in [5.74, 6) is 0.583. The van der Waals surface area contributed by atoms with Gasteiger partial charge in [0.25, 0.3) is 0 Å². The summed E-state index contributed by atoms with van der Waals surface area (Å²) in [5.41, 5.74) is 4.14. The Balaban J connectivity index is 2.28. The molecule has 2 rings (SSSR count). The number of rotatable bonds is 4. The lowest BCUT2D eigenvalue weighted by atomic mass is 9.79. The summed E-state index contributed by atoms with van der Waals surface area (Å²) >= 11 is 3.91. The first kappa shape index (κ1) is 15.3. The lowest BCUT2D eigenvalue weighted by Gasteiger charge is -2.31. The third-order valence-electron chi connectivity index (χ3n) is 4.05. The van der Waals surface area contributed by atoms with Gasteiger partial charge in [0.1, 0.15) is 0 Å². The molecule has 106 valence electrons. The minimum Gasteiger partial charge on any atom is -0.0829 e. The monoisotopic (exact) mass is 330 g/mol. The fraction of sp³-hybridized carbons (Fsp3) is 0.368. The molecule has 0 aliphatic heterocycles. The molecule has 0 aliphatic carbocycles. The fourth-order valence-corrected chi connectivity index (χ4v) is 3.05. The molecule has 0 nitrogen and oxygen atoms in total. The molecule has 0 heterocycles. The highest BCUT2D eigenvalue weighted by Gasteiger charge is 2.30. The molecule has 2 aromatic rings.